The number of benzene rings is 1. The van der Waals surface area contributed by atoms with Crippen molar-refractivity contribution in [2.45, 2.75) is 25.4 Å². The maximum Gasteiger partial charge on any atom is 0.326 e. The molecule has 0 spiro atoms. The first-order valence-electron chi connectivity index (χ1n) is 8.39. The molecular weight excluding hydrogens is 336 g/mol. The third-order valence-electron chi connectivity index (χ3n) is 4.40. The van der Waals surface area contributed by atoms with Crippen LogP contribution >= 0.6 is 0 Å². The van der Waals surface area contributed by atoms with E-state index in [0.717, 1.165) is 4.90 Å². The second-order valence-electron chi connectivity index (χ2n) is 5.94. The van der Waals surface area contributed by atoms with Crippen molar-refractivity contribution in [1.82, 2.24) is 20.0 Å². The minimum Gasteiger partial charge on any atom is -0.462 e. The summed E-state index contributed by atoms with van der Waals surface area (Å²) in [6.45, 7) is 1.92. The molecule has 2 aromatic rings. The summed E-state index contributed by atoms with van der Waals surface area (Å²) in [4.78, 5) is 38.1. The molecule has 8 heteroatoms. The third-order valence-corrected chi connectivity index (χ3v) is 4.40. The lowest BCUT2D eigenvalue weighted by molar-refractivity contribution is -0.148. The number of ether oxygens (including phenoxy) is 1. The van der Waals surface area contributed by atoms with E-state index in [9.17, 15) is 14.4 Å². The van der Waals surface area contributed by atoms with Crippen LogP contribution in [-0.2, 0) is 26.4 Å². The molecule has 1 unspecified atom stereocenters. The topological polar surface area (TPSA) is 93.5 Å². The molecule has 0 bridgehead atoms. The minimum atomic E-state index is -1.15. The number of imide groups is 1. The van der Waals surface area contributed by atoms with Gasteiger partial charge in [-0.25, -0.2) is 4.79 Å². The van der Waals surface area contributed by atoms with Crippen LogP contribution in [0.2, 0.25) is 0 Å². The summed E-state index contributed by atoms with van der Waals surface area (Å²) in [6, 6.07) is 10.2. The van der Waals surface area contributed by atoms with Gasteiger partial charge in [-0.3, -0.25) is 19.2 Å². The number of hydrogen-bond donors (Lipinski definition) is 1. The lowest BCUT2D eigenvalue weighted by Crippen LogP contribution is -2.44. The van der Waals surface area contributed by atoms with Gasteiger partial charge in [0.1, 0.15) is 18.7 Å². The zero-order valence-corrected chi connectivity index (χ0v) is 14.4. The van der Waals surface area contributed by atoms with Crippen LogP contribution < -0.4 is 5.32 Å². The summed E-state index contributed by atoms with van der Waals surface area (Å²) in [5, 5.41) is 6.73. The number of rotatable bonds is 7. The normalized spacial score (nSPS) is 19.5. The van der Waals surface area contributed by atoms with E-state index in [2.05, 4.69) is 10.4 Å². The van der Waals surface area contributed by atoms with Crippen molar-refractivity contribution >= 4 is 17.9 Å². The van der Waals surface area contributed by atoms with Gasteiger partial charge in [0.15, 0.2) is 0 Å². The van der Waals surface area contributed by atoms with E-state index in [1.807, 2.05) is 13.0 Å². The molecule has 1 fully saturated rings. The summed E-state index contributed by atoms with van der Waals surface area (Å²) >= 11 is 0. The van der Waals surface area contributed by atoms with Gasteiger partial charge in [-0.1, -0.05) is 37.3 Å². The molecule has 1 saturated heterocycles. The number of esters is 1. The maximum absolute atomic E-state index is 12.9. The Labute approximate surface area is 150 Å². The van der Waals surface area contributed by atoms with E-state index in [1.165, 1.54) is 0 Å². The summed E-state index contributed by atoms with van der Waals surface area (Å²) in [7, 11) is 0. The van der Waals surface area contributed by atoms with Crippen LogP contribution in [-0.4, -0.2) is 45.7 Å². The van der Waals surface area contributed by atoms with Crippen LogP contribution in [0, 0.1) is 0 Å². The Bertz CT molecular complexity index is 791. The number of nitrogens with one attached hydrogen (secondary N) is 1. The van der Waals surface area contributed by atoms with Crippen molar-refractivity contribution in [3.05, 3.63) is 54.4 Å². The number of amides is 3. The Morgan fingerprint density at radius 2 is 2.00 bits per heavy atom. The predicted molar refractivity (Wildman–Crippen MR) is 91.8 cm³/mol. The Morgan fingerprint density at radius 3 is 2.65 bits per heavy atom. The van der Waals surface area contributed by atoms with Crippen molar-refractivity contribution in [2.75, 3.05) is 13.2 Å². The Balaban J connectivity index is 1.64. The summed E-state index contributed by atoms with van der Waals surface area (Å²) in [5.41, 5.74) is -0.455. The molecule has 136 valence electrons. The number of carbonyl (C=O) groups is 3. The molecule has 3 amide bonds. The summed E-state index contributed by atoms with van der Waals surface area (Å²) < 4.78 is 6.73. The van der Waals surface area contributed by atoms with Crippen LogP contribution in [0.15, 0.2) is 48.8 Å². The number of carbonyl (C=O) groups excluding carboxylic acids is 3. The van der Waals surface area contributed by atoms with E-state index in [1.54, 1.807) is 47.4 Å². The molecule has 0 radical (unpaired) electrons. The van der Waals surface area contributed by atoms with Crippen molar-refractivity contribution in [1.29, 1.82) is 0 Å². The second kappa shape index (κ2) is 7.38. The molecule has 2 heterocycles. The predicted octanol–water partition coefficient (Wildman–Crippen LogP) is 1.28. The monoisotopic (exact) mass is 356 g/mol. The SMILES string of the molecule is CCC1(c2ccccc2)NC(=O)N(CC(=O)OCCn2cccn2)C1=O. The van der Waals surface area contributed by atoms with Gasteiger partial charge in [0.25, 0.3) is 5.91 Å². The van der Waals surface area contributed by atoms with Crippen LogP contribution in [0.1, 0.15) is 18.9 Å². The highest BCUT2D eigenvalue weighted by atomic mass is 16.5. The van der Waals surface area contributed by atoms with Crippen molar-refractivity contribution in [3.8, 4) is 0 Å². The average molecular weight is 356 g/mol. The number of urea groups is 1. The molecule has 1 N–H and O–H groups in total. The fraction of sp³-hybridized carbons (Fsp3) is 0.333. The third kappa shape index (κ3) is 3.30. The van der Waals surface area contributed by atoms with E-state index >= 15 is 0 Å². The zero-order valence-electron chi connectivity index (χ0n) is 14.4. The molecule has 1 atom stereocenters. The van der Waals surface area contributed by atoms with Crippen LogP contribution in [0.25, 0.3) is 0 Å². The summed E-state index contributed by atoms with van der Waals surface area (Å²) in [6.07, 6.45) is 3.76. The van der Waals surface area contributed by atoms with E-state index in [4.69, 9.17) is 4.74 Å². The minimum absolute atomic E-state index is 0.113. The van der Waals surface area contributed by atoms with Crippen LogP contribution in [0.4, 0.5) is 4.79 Å². The van der Waals surface area contributed by atoms with Crippen molar-refractivity contribution < 1.29 is 19.1 Å². The van der Waals surface area contributed by atoms with Crippen molar-refractivity contribution in [3.63, 3.8) is 0 Å². The molecule has 8 nitrogen and oxygen atoms in total. The van der Waals surface area contributed by atoms with Gasteiger partial charge in [-0.05, 0) is 18.1 Å². The Morgan fingerprint density at radius 1 is 1.23 bits per heavy atom. The Kier molecular flexibility index (Phi) is 5.01. The fourth-order valence-corrected chi connectivity index (χ4v) is 2.99. The molecular formula is C18H20N4O4. The first-order valence-corrected chi connectivity index (χ1v) is 8.39. The standard InChI is InChI=1S/C18H20N4O4/c1-2-18(14-7-4-3-5-8-14)16(24)22(17(25)20-18)13-15(23)26-12-11-21-10-6-9-19-21/h3-10H,2,11-13H2,1H3,(H,20,25). The smallest absolute Gasteiger partial charge is 0.326 e. The van der Waals surface area contributed by atoms with Gasteiger partial charge in [0.2, 0.25) is 0 Å². The number of aromatic nitrogens is 2. The van der Waals surface area contributed by atoms with Crippen LogP contribution in [0.5, 0.6) is 0 Å². The maximum atomic E-state index is 12.9. The molecule has 0 saturated carbocycles. The summed E-state index contributed by atoms with van der Waals surface area (Å²) in [5.74, 6) is -1.08. The molecule has 1 aliphatic heterocycles. The highest BCUT2D eigenvalue weighted by Crippen LogP contribution is 2.32. The van der Waals surface area contributed by atoms with Gasteiger partial charge < -0.3 is 10.1 Å². The van der Waals surface area contributed by atoms with Crippen molar-refractivity contribution in [2.24, 2.45) is 0 Å². The second-order valence-corrected chi connectivity index (χ2v) is 5.94. The molecule has 1 aliphatic rings. The Hall–Kier alpha value is -3.16. The zero-order chi connectivity index (χ0) is 18.6. The highest BCUT2D eigenvalue weighted by Gasteiger charge is 2.51. The van der Waals surface area contributed by atoms with Gasteiger partial charge >= 0.3 is 12.0 Å². The fourth-order valence-electron chi connectivity index (χ4n) is 2.99. The largest absolute Gasteiger partial charge is 0.462 e. The van der Waals surface area contributed by atoms with E-state index in [-0.39, 0.29) is 6.61 Å². The average Bonchev–Trinajstić information content (AvgIpc) is 3.25. The first kappa shape index (κ1) is 17.7. The van der Waals surface area contributed by atoms with E-state index < -0.39 is 30.0 Å². The van der Waals surface area contributed by atoms with Gasteiger partial charge in [-0.2, -0.15) is 5.10 Å². The lowest BCUT2D eigenvalue weighted by atomic mass is 9.87. The quantitative estimate of drug-likeness (QED) is 0.596. The van der Waals surface area contributed by atoms with Gasteiger partial charge in [0, 0.05) is 12.4 Å². The molecule has 26 heavy (non-hydrogen) atoms. The molecule has 1 aromatic heterocycles. The molecule has 1 aromatic carbocycles. The van der Waals surface area contributed by atoms with E-state index in [0.29, 0.717) is 18.5 Å². The lowest BCUT2D eigenvalue weighted by Gasteiger charge is -2.25. The molecule has 3 rings (SSSR count). The number of hydrogen-bond acceptors (Lipinski definition) is 5. The van der Waals surface area contributed by atoms with Crippen LogP contribution in [0.3, 0.4) is 0 Å². The van der Waals surface area contributed by atoms with Gasteiger partial charge in [-0.15, -0.1) is 0 Å². The number of nitrogens with zero attached hydrogens (tertiary/aromatic N) is 3. The molecule has 0 aliphatic carbocycles. The highest BCUT2D eigenvalue weighted by molar-refractivity contribution is 6.09. The first-order chi connectivity index (χ1) is 12.6. The van der Waals surface area contributed by atoms with Gasteiger partial charge in [0.05, 0.1) is 6.54 Å².